The van der Waals surface area contributed by atoms with Gasteiger partial charge in [0.25, 0.3) is 0 Å². The van der Waals surface area contributed by atoms with Gasteiger partial charge in [-0.25, -0.2) is 0 Å². The lowest BCUT2D eigenvalue weighted by Gasteiger charge is -2.42. The smallest absolute Gasteiger partial charge is 0.123 e. The van der Waals surface area contributed by atoms with Crippen LogP contribution in [0.2, 0.25) is 0 Å². The number of halogens is 1. The van der Waals surface area contributed by atoms with E-state index in [9.17, 15) is 4.79 Å². The number of carbonyl (C=O) groups is 1. The van der Waals surface area contributed by atoms with Gasteiger partial charge in [0.1, 0.15) is 6.29 Å². The zero-order chi connectivity index (χ0) is 12.5. The minimum atomic E-state index is 0.234. The van der Waals surface area contributed by atoms with E-state index in [0.29, 0.717) is 17.8 Å². The van der Waals surface area contributed by atoms with E-state index in [0.717, 1.165) is 10.9 Å². The highest BCUT2D eigenvalue weighted by atomic mass is 79.9. The van der Waals surface area contributed by atoms with Crippen LogP contribution < -0.4 is 0 Å². The molecule has 3 aliphatic carbocycles. The Kier molecular flexibility index (Phi) is 3.38. The molecular formula is C16H17BrO. The van der Waals surface area contributed by atoms with Crippen molar-refractivity contribution in [2.24, 2.45) is 23.7 Å². The van der Waals surface area contributed by atoms with Crippen molar-refractivity contribution in [3.8, 4) is 0 Å². The number of benzene rings is 1. The Labute approximate surface area is 116 Å². The summed E-state index contributed by atoms with van der Waals surface area (Å²) in [4.78, 5) is 11.4. The SMILES string of the molecule is O=CC1C2C=CC(CC2)C1Cc1ccc(Br)cc1. The summed E-state index contributed by atoms with van der Waals surface area (Å²) in [6.07, 6.45) is 9.29. The third-order valence-electron chi connectivity index (χ3n) is 4.52. The van der Waals surface area contributed by atoms with E-state index in [4.69, 9.17) is 0 Å². The molecule has 1 nitrogen and oxygen atoms in total. The number of carbonyl (C=O) groups excluding carboxylic acids is 1. The molecule has 2 bridgehead atoms. The standard InChI is InChI=1S/C16H17BrO/c17-14-7-1-11(2-8-14)9-15-12-3-5-13(6-4-12)16(15)10-18/h1-3,5,7-8,10,12-13,15-16H,4,6,9H2. The quantitative estimate of drug-likeness (QED) is 0.609. The second-order valence-corrected chi connectivity index (χ2v) is 6.41. The van der Waals surface area contributed by atoms with E-state index in [1.807, 2.05) is 0 Å². The van der Waals surface area contributed by atoms with Gasteiger partial charge in [0.15, 0.2) is 0 Å². The molecule has 94 valence electrons. The number of hydrogen-bond donors (Lipinski definition) is 0. The highest BCUT2D eigenvalue weighted by molar-refractivity contribution is 9.10. The predicted octanol–water partition coefficient (Wildman–Crippen LogP) is 4.02. The van der Waals surface area contributed by atoms with Gasteiger partial charge in [-0.3, -0.25) is 0 Å². The molecule has 0 spiro atoms. The van der Waals surface area contributed by atoms with Gasteiger partial charge < -0.3 is 4.79 Å². The Morgan fingerprint density at radius 1 is 1.11 bits per heavy atom. The lowest BCUT2D eigenvalue weighted by Crippen LogP contribution is -2.38. The maximum Gasteiger partial charge on any atom is 0.123 e. The first-order valence-electron chi connectivity index (χ1n) is 6.66. The van der Waals surface area contributed by atoms with Crippen LogP contribution in [0.25, 0.3) is 0 Å². The van der Waals surface area contributed by atoms with Crippen molar-refractivity contribution in [3.63, 3.8) is 0 Å². The molecular weight excluding hydrogens is 288 g/mol. The summed E-state index contributed by atoms with van der Waals surface area (Å²) in [7, 11) is 0. The third kappa shape index (κ3) is 2.18. The van der Waals surface area contributed by atoms with Crippen LogP contribution in [0.3, 0.4) is 0 Å². The fourth-order valence-electron chi connectivity index (χ4n) is 3.53. The molecule has 0 heterocycles. The summed E-state index contributed by atoms with van der Waals surface area (Å²) >= 11 is 3.46. The van der Waals surface area contributed by atoms with Crippen molar-refractivity contribution in [3.05, 3.63) is 46.5 Å². The fourth-order valence-corrected chi connectivity index (χ4v) is 3.79. The van der Waals surface area contributed by atoms with E-state index >= 15 is 0 Å². The highest BCUT2D eigenvalue weighted by Gasteiger charge is 2.40. The van der Waals surface area contributed by atoms with Crippen LogP contribution in [0.15, 0.2) is 40.9 Å². The molecule has 1 aromatic carbocycles. The number of allylic oxidation sites excluding steroid dienone is 2. The number of hydrogen-bond acceptors (Lipinski definition) is 1. The molecule has 3 aliphatic rings. The maximum absolute atomic E-state index is 11.4. The van der Waals surface area contributed by atoms with Crippen LogP contribution in [0.4, 0.5) is 0 Å². The van der Waals surface area contributed by atoms with E-state index < -0.39 is 0 Å². The Hall–Kier alpha value is -0.890. The number of aldehydes is 1. The normalized spacial score (nSPS) is 33.6. The maximum atomic E-state index is 11.4. The van der Waals surface area contributed by atoms with Gasteiger partial charge in [0, 0.05) is 10.4 Å². The van der Waals surface area contributed by atoms with E-state index in [-0.39, 0.29) is 5.92 Å². The minimum Gasteiger partial charge on any atom is -0.303 e. The summed E-state index contributed by atoms with van der Waals surface area (Å²) in [6, 6.07) is 8.50. The summed E-state index contributed by atoms with van der Waals surface area (Å²) in [5, 5.41) is 0. The van der Waals surface area contributed by atoms with E-state index in [1.54, 1.807) is 0 Å². The molecule has 1 aromatic rings. The number of fused-ring (bicyclic) bond motifs is 2. The van der Waals surface area contributed by atoms with Crippen molar-refractivity contribution < 1.29 is 4.79 Å². The highest BCUT2D eigenvalue weighted by Crippen LogP contribution is 2.45. The average Bonchev–Trinajstić information content (AvgIpc) is 2.42. The molecule has 1 fully saturated rings. The molecule has 0 radical (unpaired) electrons. The molecule has 18 heavy (non-hydrogen) atoms. The monoisotopic (exact) mass is 304 g/mol. The molecule has 0 saturated heterocycles. The van der Waals surface area contributed by atoms with Crippen LogP contribution in [0.1, 0.15) is 18.4 Å². The minimum absolute atomic E-state index is 0.234. The zero-order valence-electron chi connectivity index (χ0n) is 10.3. The van der Waals surface area contributed by atoms with Crippen LogP contribution in [-0.2, 0) is 11.2 Å². The molecule has 0 amide bonds. The second kappa shape index (κ2) is 5.00. The average molecular weight is 305 g/mol. The summed E-state index contributed by atoms with van der Waals surface area (Å²) < 4.78 is 1.11. The molecule has 4 atom stereocenters. The van der Waals surface area contributed by atoms with Crippen LogP contribution in [0, 0.1) is 23.7 Å². The lowest BCUT2D eigenvalue weighted by atomic mass is 9.61. The van der Waals surface area contributed by atoms with Crippen molar-refractivity contribution in [2.75, 3.05) is 0 Å². The first-order chi connectivity index (χ1) is 8.78. The van der Waals surface area contributed by atoms with Gasteiger partial charge in [-0.1, -0.05) is 40.2 Å². The summed E-state index contributed by atoms with van der Waals surface area (Å²) in [5.41, 5.74) is 1.34. The lowest BCUT2D eigenvalue weighted by molar-refractivity contribution is -0.115. The van der Waals surface area contributed by atoms with Crippen LogP contribution in [0.5, 0.6) is 0 Å². The van der Waals surface area contributed by atoms with Gasteiger partial charge in [0.05, 0.1) is 0 Å². The molecule has 4 rings (SSSR count). The predicted molar refractivity (Wildman–Crippen MR) is 76.2 cm³/mol. The third-order valence-corrected chi connectivity index (χ3v) is 5.05. The second-order valence-electron chi connectivity index (χ2n) is 5.50. The summed E-state index contributed by atoms with van der Waals surface area (Å²) in [6.45, 7) is 0. The first-order valence-corrected chi connectivity index (χ1v) is 7.45. The Bertz CT molecular complexity index is 462. The summed E-state index contributed by atoms with van der Waals surface area (Å²) in [5.74, 6) is 1.84. The molecule has 2 heteroatoms. The molecule has 4 unspecified atom stereocenters. The topological polar surface area (TPSA) is 17.1 Å². The van der Waals surface area contributed by atoms with E-state index in [1.165, 1.54) is 24.7 Å². The van der Waals surface area contributed by atoms with Gasteiger partial charge in [-0.2, -0.15) is 0 Å². The molecule has 0 aliphatic heterocycles. The van der Waals surface area contributed by atoms with Gasteiger partial charge in [-0.15, -0.1) is 0 Å². The van der Waals surface area contributed by atoms with Crippen LogP contribution in [-0.4, -0.2) is 6.29 Å². The fraction of sp³-hybridized carbons (Fsp3) is 0.438. The van der Waals surface area contributed by atoms with Crippen molar-refractivity contribution in [2.45, 2.75) is 19.3 Å². The van der Waals surface area contributed by atoms with Crippen molar-refractivity contribution >= 4 is 22.2 Å². The first kappa shape index (κ1) is 12.2. The number of rotatable bonds is 3. The molecule has 0 N–H and O–H groups in total. The molecule has 1 saturated carbocycles. The van der Waals surface area contributed by atoms with Crippen molar-refractivity contribution in [1.82, 2.24) is 0 Å². The largest absolute Gasteiger partial charge is 0.303 e. The van der Waals surface area contributed by atoms with Crippen LogP contribution >= 0.6 is 15.9 Å². The van der Waals surface area contributed by atoms with Gasteiger partial charge >= 0.3 is 0 Å². The Balaban J connectivity index is 1.81. The Morgan fingerprint density at radius 2 is 1.78 bits per heavy atom. The molecule has 0 aromatic heterocycles. The van der Waals surface area contributed by atoms with Gasteiger partial charge in [-0.05, 0) is 54.7 Å². The van der Waals surface area contributed by atoms with E-state index in [2.05, 4.69) is 52.3 Å². The Morgan fingerprint density at radius 3 is 2.39 bits per heavy atom. The van der Waals surface area contributed by atoms with Crippen molar-refractivity contribution in [1.29, 1.82) is 0 Å². The zero-order valence-corrected chi connectivity index (χ0v) is 11.8. The van der Waals surface area contributed by atoms with Gasteiger partial charge in [0.2, 0.25) is 0 Å².